The summed E-state index contributed by atoms with van der Waals surface area (Å²) in [6.45, 7) is 3.40. The Balaban J connectivity index is 3.81. The van der Waals surface area contributed by atoms with E-state index in [0.29, 0.717) is 11.3 Å². The summed E-state index contributed by atoms with van der Waals surface area (Å²) in [5.41, 5.74) is 1.21. The van der Waals surface area contributed by atoms with Crippen LogP contribution in [0.4, 0.5) is 0 Å². The molecule has 0 aliphatic rings. The molecule has 0 saturated heterocycles. The van der Waals surface area contributed by atoms with Gasteiger partial charge in [0.2, 0.25) is 0 Å². The fourth-order valence-corrected chi connectivity index (χ4v) is 0.606. The van der Waals surface area contributed by atoms with Gasteiger partial charge in [0, 0.05) is 5.71 Å². The van der Waals surface area contributed by atoms with E-state index < -0.39 is 0 Å². The van der Waals surface area contributed by atoms with E-state index in [0.717, 1.165) is 18.5 Å². The third kappa shape index (κ3) is 4.83. The number of allylic oxidation sites excluding steroid dienone is 1. The lowest BCUT2D eigenvalue weighted by atomic mass is 10.2. The predicted octanol–water partition coefficient (Wildman–Crippen LogP) is 0.853. The van der Waals surface area contributed by atoms with Crippen molar-refractivity contribution in [3.05, 3.63) is 11.8 Å². The van der Waals surface area contributed by atoms with Gasteiger partial charge in [0.05, 0.1) is 7.11 Å². The van der Waals surface area contributed by atoms with Crippen molar-refractivity contribution in [3.63, 3.8) is 0 Å². The van der Waals surface area contributed by atoms with Gasteiger partial charge in [-0.05, 0) is 19.4 Å². The standard InChI is InChI=1S/C6H11NO3S/c1-5(4-8)6(2)7-11-10-9-3/h4,8H,1-3H3/p-1/b5-4+,7-6?. The average Bonchev–Trinajstić information content (AvgIpc) is 2.03. The van der Waals surface area contributed by atoms with Gasteiger partial charge in [-0.1, -0.05) is 0 Å². The molecule has 0 N–H and O–H groups in total. The van der Waals surface area contributed by atoms with E-state index >= 15 is 0 Å². The second-order valence-corrected chi connectivity index (χ2v) is 2.25. The van der Waals surface area contributed by atoms with E-state index in [1.807, 2.05) is 0 Å². The lowest BCUT2D eigenvalue weighted by molar-refractivity contribution is -0.275. The van der Waals surface area contributed by atoms with Crippen LogP contribution in [-0.4, -0.2) is 12.8 Å². The average molecular weight is 176 g/mol. The molecule has 0 atom stereocenters. The van der Waals surface area contributed by atoms with E-state index in [1.165, 1.54) is 7.11 Å². The molecule has 0 aliphatic carbocycles. The van der Waals surface area contributed by atoms with Crippen LogP contribution in [0.5, 0.6) is 0 Å². The predicted molar refractivity (Wildman–Crippen MR) is 42.6 cm³/mol. The van der Waals surface area contributed by atoms with Crippen LogP contribution >= 0.6 is 12.2 Å². The van der Waals surface area contributed by atoms with Crippen molar-refractivity contribution >= 4 is 17.9 Å². The molecule has 11 heavy (non-hydrogen) atoms. The third-order valence-corrected chi connectivity index (χ3v) is 1.57. The van der Waals surface area contributed by atoms with E-state index in [9.17, 15) is 5.11 Å². The number of hydrogen-bond acceptors (Lipinski definition) is 5. The maximum Gasteiger partial charge on any atom is 0.173 e. The molecule has 5 heteroatoms. The van der Waals surface area contributed by atoms with Crippen LogP contribution in [0.15, 0.2) is 16.2 Å². The molecule has 4 nitrogen and oxygen atoms in total. The Morgan fingerprint density at radius 1 is 1.55 bits per heavy atom. The second-order valence-electron chi connectivity index (χ2n) is 1.79. The summed E-state index contributed by atoms with van der Waals surface area (Å²) in [5, 5.41) is 10.2. The van der Waals surface area contributed by atoms with Crippen molar-refractivity contribution < 1.29 is 14.3 Å². The van der Waals surface area contributed by atoms with Crippen LogP contribution in [0.25, 0.3) is 0 Å². The highest BCUT2D eigenvalue weighted by Gasteiger charge is 1.91. The zero-order valence-electron chi connectivity index (χ0n) is 6.66. The van der Waals surface area contributed by atoms with Crippen LogP contribution in [0.2, 0.25) is 0 Å². The van der Waals surface area contributed by atoms with Crippen molar-refractivity contribution in [3.8, 4) is 0 Å². The van der Waals surface area contributed by atoms with Crippen LogP contribution in [-0.2, 0) is 9.22 Å². The van der Waals surface area contributed by atoms with E-state index in [-0.39, 0.29) is 0 Å². The summed E-state index contributed by atoms with van der Waals surface area (Å²) in [6.07, 6.45) is 0.742. The minimum atomic E-state index is 0.581. The van der Waals surface area contributed by atoms with E-state index in [4.69, 9.17) is 0 Å². The molecule has 0 rings (SSSR count). The fourth-order valence-electron chi connectivity index (χ4n) is 0.259. The lowest BCUT2D eigenvalue weighted by Crippen LogP contribution is -1.98. The summed E-state index contributed by atoms with van der Waals surface area (Å²) in [7, 11) is 1.38. The van der Waals surface area contributed by atoms with Gasteiger partial charge in [-0.3, -0.25) is 0 Å². The molecule has 0 bridgehead atoms. The molecular weight excluding hydrogens is 166 g/mol. The van der Waals surface area contributed by atoms with Gasteiger partial charge in [0.25, 0.3) is 0 Å². The summed E-state index contributed by atoms with van der Waals surface area (Å²) in [5.74, 6) is 0. The number of rotatable bonds is 4. The molecular formula is C6H10NO3S-. The van der Waals surface area contributed by atoms with Crippen molar-refractivity contribution in [2.75, 3.05) is 7.11 Å². The monoisotopic (exact) mass is 176 g/mol. The maximum absolute atomic E-state index is 10.2. The summed E-state index contributed by atoms with van der Waals surface area (Å²) >= 11 is 0.791. The van der Waals surface area contributed by atoms with Gasteiger partial charge in [-0.15, -0.1) is 10.6 Å². The summed E-state index contributed by atoms with van der Waals surface area (Å²) in [4.78, 5) is 4.26. The molecule has 0 aromatic carbocycles. The quantitative estimate of drug-likeness (QED) is 0.121. The van der Waals surface area contributed by atoms with Crippen molar-refractivity contribution in [1.29, 1.82) is 0 Å². The Morgan fingerprint density at radius 2 is 2.18 bits per heavy atom. The van der Waals surface area contributed by atoms with Crippen LogP contribution in [0.3, 0.4) is 0 Å². The van der Waals surface area contributed by atoms with Gasteiger partial charge in [-0.2, -0.15) is 4.40 Å². The van der Waals surface area contributed by atoms with Gasteiger partial charge >= 0.3 is 0 Å². The Hall–Kier alpha value is -0.520. The van der Waals surface area contributed by atoms with Gasteiger partial charge < -0.3 is 5.11 Å². The summed E-state index contributed by atoms with van der Waals surface area (Å²) < 4.78 is 8.20. The molecule has 0 fully saturated rings. The van der Waals surface area contributed by atoms with Crippen molar-refractivity contribution in [1.82, 2.24) is 0 Å². The first-order valence-electron chi connectivity index (χ1n) is 2.92. The molecule has 0 amide bonds. The van der Waals surface area contributed by atoms with E-state index in [1.54, 1.807) is 13.8 Å². The first kappa shape index (κ1) is 10.5. The molecule has 0 spiro atoms. The Morgan fingerprint density at radius 3 is 2.64 bits per heavy atom. The van der Waals surface area contributed by atoms with Crippen LogP contribution in [0.1, 0.15) is 13.8 Å². The maximum atomic E-state index is 10.2. The second kappa shape index (κ2) is 6.21. The highest BCUT2D eigenvalue weighted by Crippen LogP contribution is 2.07. The van der Waals surface area contributed by atoms with E-state index in [2.05, 4.69) is 13.6 Å². The highest BCUT2D eigenvalue weighted by molar-refractivity contribution is 7.93. The Labute approximate surface area is 70.2 Å². The molecule has 0 heterocycles. The smallest absolute Gasteiger partial charge is 0.173 e. The first-order valence-corrected chi connectivity index (χ1v) is 3.62. The normalized spacial score (nSPS) is 13.7. The summed E-state index contributed by atoms with van der Waals surface area (Å²) in [6, 6.07) is 0. The van der Waals surface area contributed by atoms with Gasteiger partial charge in [0.15, 0.2) is 12.2 Å². The van der Waals surface area contributed by atoms with Gasteiger partial charge in [0.1, 0.15) is 0 Å². The topological polar surface area (TPSA) is 53.9 Å². The van der Waals surface area contributed by atoms with Gasteiger partial charge in [-0.25, -0.2) is 4.89 Å². The Kier molecular flexibility index (Phi) is 5.91. The lowest BCUT2D eigenvalue weighted by Gasteiger charge is -2.00. The SMILES string of the molecule is COOSN=C(C)/C(C)=C/[O-]. The first-order chi connectivity index (χ1) is 5.22. The largest absolute Gasteiger partial charge is 0.878 e. The molecule has 64 valence electrons. The minimum absolute atomic E-state index is 0.581. The molecule has 0 aromatic rings. The molecule has 0 saturated carbocycles. The highest BCUT2D eigenvalue weighted by atomic mass is 32.2. The zero-order valence-corrected chi connectivity index (χ0v) is 7.47. The molecule has 0 unspecified atom stereocenters. The van der Waals surface area contributed by atoms with Crippen LogP contribution < -0.4 is 5.11 Å². The van der Waals surface area contributed by atoms with Crippen molar-refractivity contribution in [2.45, 2.75) is 13.8 Å². The number of hydrogen-bond donors (Lipinski definition) is 0. The number of nitrogens with zero attached hydrogens (tertiary/aromatic N) is 1. The molecule has 0 aliphatic heterocycles. The molecule has 0 radical (unpaired) electrons. The van der Waals surface area contributed by atoms with Crippen LogP contribution in [0, 0.1) is 0 Å². The third-order valence-electron chi connectivity index (χ3n) is 1.02. The van der Waals surface area contributed by atoms with Crippen molar-refractivity contribution in [2.24, 2.45) is 4.40 Å². The zero-order chi connectivity index (χ0) is 8.69. The molecule has 0 aromatic heterocycles. The Bertz CT molecular complexity index is 167. The fraction of sp³-hybridized carbons (Fsp3) is 0.500. The minimum Gasteiger partial charge on any atom is -0.878 e.